The molecule has 8 heavy (non-hydrogen) atoms. The molecule has 0 bridgehead atoms. The quantitative estimate of drug-likeness (QED) is 0.535. The molecule has 0 saturated carbocycles. The Morgan fingerprint density at radius 2 is 2.00 bits per heavy atom. The van der Waals surface area contributed by atoms with Crippen molar-refractivity contribution in [1.29, 1.82) is 0 Å². The fourth-order valence-corrected chi connectivity index (χ4v) is 0.425. The van der Waals surface area contributed by atoms with Crippen LogP contribution in [0.15, 0.2) is 0 Å². The zero-order valence-electron chi connectivity index (χ0n) is 5.59. The minimum Gasteiger partial charge on any atom is -0.394 e. The van der Waals surface area contributed by atoms with E-state index >= 15 is 0 Å². The summed E-state index contributed by atoms with van der Waals surface area (Å²) in [5.74, 6) is 0. The molecule has 0 spiro atoms. The third kappa shape index (κ3) is 7.56. The maximum absolute atomic E-state index is 8.61. The third-order valence-electron chi connectivity index (χ3n) is 0.833. The number of hydrogen-bond acceptors (Lipinski definition) is 2. The Labute approximate surface area is 92.7 Å². The van der Waals surface area contributed by atoms with Crippen LogP contribution in [0.5, 0.6) is 0 Å². The molecule has 0 aliphatic heterocycles. The Balaban J connectivity index is 0. The van der Waals surface area contributed by atoms with E-state index in [0.717, 1.165) is 6.42 Å². The van der Waals surface area contributed by atoms with Crippen molar-refractivity contribution >= 4 is 51.4 Å². The second-order valence-corrected chi connectivity index (χ2v) is 1.63. The molecule has 0 rings (SSSR count). The molecule has 3 heteroatoms. The maximum atomic E-state index is 8.61. The third-order valence-corrected chi connectivity index (χ3v) is 0.833. The van der Waals surface area contributed by atoms with Gasteiger partial charge in [0.2, 0.25) is 0 Å². The molecule has 0 aromatic rings. The van der Waals surface area contributed by atoms with Gasteiger partial charge in [-0.05, 0) is 6.42 Å². The van der Waals surface area contributed by atoms with E-state index in [9.17, 15) is 0 Å². The average molecular weight is 143 g/mol. The topological polar surface area (TPSA) is 40.5 Å². The van der Waals surface area contributed by atoms with E-state index < -0.39 is 6.10 Å². The first-order valence-corrected chi connectivity index (χ1v) is 2.60. The van der Waals surface area contributed by atoms with E-state index in [1.807, 2.05) is 6.92 Å². The molecule has 0 heterocycles. The van der Waals surface area contributed by atoms with Gasteiger partial charge in [-0.2, -0.15) is 0 Å². The molecule has 0 aromatic heterocycles. The molecule has 0 amide bonds. The molecular weight excluding hydrogens is 131 g/mol. The van der Waals surface area contributed by atoms with Crippen LogP contribution in [0.4, 0.5) is 0 Å². The molecule has 0 aromatic carbocycles. The van der Waals surface area contributed by atoms with Crippen molar-refractivity contribution in [3.63, 3.8) is 0 Å². The number of rotatable bonds is 3. The summed E-state index contributed by atoms with van der Waals surface area (Å²) < 4.78 is 0. The second kappa shape index (κ2) is 8.56. The van der Waals surface area contributed by atoms with Crippen molar-refractivity contribution < 1.29 is 10.2 Å². The molecule has 1 unspecified atom stereocenters. The summed E-state index contributed by atoms with van der Waals surface area (Å²) in [5, 5.41) is 16.8. The summed E-state index contributed by atoms with van der Waals surface area (Å²) in [5.41, 5.74) is 0. The van der Waals surface area contributed by atoms with E-state index in [1.54, 1.807) is 0 Å². The van der Waals surface area contributed by atoms with Crippen LogP contribution >= 0.6 is 0 Å². The fourth-order valence-electron chi connectivity index (χ4n) is 0.425. The van der Waals surface area contributed by atoms with Crippen LogP contribution in [0, 0.1) is 0 Å². The van der Waals surface area contributed by atoms with Crippen LogP contribution < -0.4 is 0 Å². The van der Waals surface area contributed by atoms with E-state index in [4.69, 9.17) is 10.2 Å². The van der Waals surface area contributed by atoms with Crippen LogP contribution in [-0.2, 0) is 0 Å². The summed E-state index contributed by atoms with van der Waals surface area (Å²) in [4.78, 5) is 0. The Morgan fingerprint density at radius 3 is 2.12 bits per heavy atom. The number of hydrogen-bond donors (Lipinski definition) is 2. The largest absolute Gasteiger partial charge is 0.394 e. The fraction of sp³-hybridized carbons (Fsp3) is 1.00. The first-order chi connectivity index (χ1) is 3.31. The minimum absolute atomic E-state index is 0. The number of aliphatic hydroxyl groups is 2. The van der Waals surface area contributed by atoms with Gasteiger partial charge in [0.15, 0.2) is 0 Å². The maximum Gasteiger partial charge on any atom is 0.0770 e. The molecule has 1 atom stereocenters. The Hall–Kier alpha value is 1.56. The second-order valence-electron chi connectivity index (χ2n) is 1.63. The zero-order valence-corrected chi connectivity index (χ0v) is 8.72. The van der Waals surface area contributed by atoms with Crippen LogP contribution in [-0.4, -0.2) is 74.3 Å². The predicted molar refractivity (Wildman–Crippen MR) is 33.8 cm³/mol. The van der Waals surface area contributed by atoms with Crippen molar-refractivity contribution in [1.82, 2.24) is 0 Å². The van der Waals surface area contributed by atoms with Gasteiger partial charge >= 0.3 is 0 Å². The van der Waals surface area contributed by atoms with Gasteiger partial charge in [-0.3, -0.25) is 0 Å². The van der Waals surface area contributed by atoms with Gasteiger partial charge in [-0.15, -0.1) is 0 Å². The molecular formula is C5H12KO2. The van der Waals surface area contributed by atoms with Crippen molar-refractivity contribution in [2.24, 2.45) is 0 Å². The van der Waals surface area contributed by atoms with Gasteiger partial charge in [0.25, 0.3) is 0 Å². The van der Waals surface area contributed by atoms with Crippen molar-refractivity contribution in [3.05, 3.63) is 0 Å². The van der Waals surface area contributed by atoms with Crippen molar-refractivity contribution in [2.75, 3.05) is 6.61 Å². The van der Waals surface area contributed by atoms with Gasteiger partial charge in [0, 0.05) is 51.4 Å². The average Bonchev–Trinajstić information content (AvgIpc) is 1.68. The van der Waals surface area contributed by atoms with E-state index in [2.05, 4.69) is 0 Å². The number of aliphatic hydroxyl groups excluding tert-OH is 2. The van der Waals surface area contributed by atoms with E-state index in [1.165, 1.54) is 0 Å². The molecule has 0 saturated heterocycles. The Kier molecular flexibility index (Phi) is 13.1. The van der Waals surface area contributed by atoms with Crippen molar-refractivity contribution in [3.8, 4) is 0 Å². The normalized spacial score (nSPS) is 12.4. The van der Waals surface area contributed by atoms with Crippen LogP contribution in [0.25, 0.3) is 0 Å². The van der Waals surface area contributed by atoms with Gasteiger partial charge < -0.3 is 10.2 Å². The van der Waals surface area contributed by atoms with Gasteiger partial charge in [-0.25, -0.2) is 0 Å². The van der Waals surface area contributed by atoms with Gasteiger partial charge in [0.05, 0.1) is 12.7 Å². The Bertz CT molecular complexity index is 41.4. The standard InChI is InChI=1S/C5H12O2.K/c1-2-3-5(7)4-6;/h5-7H,2-4H2,1H3;. The van der Waals surface area contributed by atoms with Gasteiger partial charge in [0.1, 0.15) is 0 Å². The van der Waals surface area contributed by atoms with E-state index in [0.29, 0.717) is 6.42 Å². The zero-order chi connectivity index (χ0) is 5.70. The van der Waals surface area contributed by atoms with E-state index in [-0.39, 0.29) is 58.0 Å². The first kappa shape index (κ1) is 12.3. The van der Waals surface area contributed by atoms with Gasteiger partial charge in [-0.1, -0.05) is 13.3 Å². The molecule has 2 nitrogen and oxygen atoms in total. The summed E-state index contributed by atoms with van der Waals surface area (Å²) in [6.45, 7) is 1.87. The molecule has 0 fully saturated rings. The molecule has 2 N–H and O–H groups in total. The smallest absolute Gasteiger partial charge is 0.0770 e. The summed E-state index contributed by atoms with van der Waals surface area (Å²) in [6, 6.07) is 0. The first-order valence-electron chi connectivity index (χ1n) is 2.60. The van der Waals surface area contributed by atoms with Crippen LogP contribution in [0.3, 0.4) is 0 Å². The SMILES string of the molecule is CCCC(O)CO.[K]. The Morgan fingerprint density at radius 1 is 1.50 bits per heavy atom. The predicted octanol–water partition coefficient (Wildman–Crippen LogP) is -0.241. The monoisotopic (exact) mass is 143 g/mol. The molecule has 1 radical (unpaired) electrons. The molecule has 0 aliphatic rings. The molecule has 0 aliphatic carbocycles. The van der Waals surface area contributed by atoms with Crippen molar-refractivity contribution in [2.45, 2.75) is 25.9 Å². The summed E-state index contributed by atoms with van der Waals surface area (Å²) in [6.07, 6.45) is 1.14. The van der Waals surface area contributed by atoms with Crippen LogP contribution in [0.2, 0.25) is 0 Å². The van der Waals surface area contributed by atoms with Crippen LogP contribution in [0.1, 0.15) is 19.8 Å². The summed E-state index contributed by atoms with van der Waals surface area (Å²) in [7, 11) is 0. The molecule has 45 valence electrons. The minimum atomic E-state index is -0.495. The summed E-state index contributed by atoms with van der Waals surface area (Å²) >= 11 is 0.